The van der Waals surface area contributed by atoms with E-state index in [0.29, 0.717) is 37.4 Å². The molecule has 9 heteroatoms. The number of carbonyl (C=O) groups is 1. The van der Waals surface area contributed by atoms with Gasteiger partial charge in [-0.3, -0.25) is 9.69 Å². The van der Waals surface area contributed by atoms with Gasteiger partial charge in [0.15, 0.2) is 0 Å². The first-order valence-corrected chi connectivity index (χ1v) is 11.2. The average molecular weight is 459 g/mol. The maximum atomic E-state index is 13.4. The van der Waals surface area contributed by atoms with Gasteiger partial charge in [-0.2, -0.15) is 0 Å². The highest BCUT2D eigenvalue weighted by Gasteiger charge is 2.38. The van der Waals surface area contributed by atoms with E-state index in [1.54, 1.807) is 54.9 Å². The summed E-state index contributed by atoms with van der Waals surface area (Å²) in [6, 6.07) is 12.4. The van der Waals surface area contributed by atoms with Gasteiger partial charge in [0.1, 0.15) is 23.0 Å². The Morgan fingerprint density at radius 1 is 1.12 bits per heavy atom. The molecule has 1 saturated heterocycles. The standard InChI is InChI=1S/C23H24F2N4O2S/c1-15-21(27-31-26-15)14-28(2)23(30)22-11-20(32-19-9-7-18(25)8-10-19)13-29(22)12-16-3-5-17(24)6-4-16/h3-10,20,22H,11-14H2,1-2H3/t20-,22+/m1/s1. The van der Waals surface area contributed by atoms with Crippen molar-refractivity contribution in [3.05, 3.63) is 77.1 Å². The molecule has 6 nitrogen and oxygen atoms in total. The van der Waals surface area contributed by atoms with Gasteiger partial charge in [0.2, 0.25) is 5.91 Å². The maximum Gasteiger partial charge on any atom is 0.240 e. The van der Waals surface area contributed by atoms with Crippen molar-refractivity contribution in [1.29, 1.82) is 0 Å². The van der Waals surface area contributed by atoms with E-state index in [1.165, 1.54) is 24.3 Å². The molecular weight excluding hydrogens is 434 g/mol. The van der Waals surface area contributed by atoms with E-state index in [2.05, 4.69) is 15.2 Å². The lowest BCUT2D eigenvalue weighted by Crippen LogP contribution is -2.43. The lowest BCUT2D eigenvalue weighted by atomic mass is 10.1. The monoisotopic (exact) mass is 458 g/mol. The normalized spacial score (nSPS) is 18.8. The molecule has 0 saturated carbocycles. The van der Waals surface area contributed by atoms with Gasteiger partial charge < -0.3 is 4.90 Å². The van der Waals surface area contributed by atoms with E-state index in [1.807, 2.05) is 0 Å². The summed E-state index contributed by atoms with van der Waals surface area (Å²) in [6.07, 6.45) is 0.655. The molecule has 1 aliphatic heterocycles. The highest BCUT2D eigenvalue weighted by Crippen LogP contribution is 2.34. The molecule has 2 heterocycles. The highest BCUT2D eigenvalue weighted by molar-refractivity contribution is 8.00. The topological polar surface area (TPSA) is 62.5 Å². The van der Waals surface area contributed by atoms with Gasteiger partial charge in [-0.25, -0.2) is 13.4 Å². The first-order valence-electron chi connectivity index (χ1n) is 10.3. The van der Waals surface area contributed by atoms with E-state index >= 15 is 0 Å². The zero-order valence-electron chi connectivity index (χ0n) is 17.9. The van der Waals surface area contributed by atoms with E-state index in [4.69, 9.17) is 4.63 Å². The Bertz CT molecular complexity index is 1060. The van der Waals surface area contributed by atoms with Crippen LogP contribution in [0.5, 0.6) is 0 Å². The number of rotatable bonds is 7. The summed E-state index contributed by atoms with van der Waals surface area (Å²) in [7, 11) is 1.74. The Balaban J connectivity index is 1.50. The third-order valence-electron chi connectivity index (χ3n) is 5.58. The van der Waals surface area contributed by atoms with Crippen LogP contribution in [0, 0.1) is 18.6 Å². The van der Waals surface area contributed by atoms with Crippen molar-refractivity contribution in [3.8, 4) is 0 Å². The molecule has 2 atom stereocenters. The molecule has 1 aliphatic rings. The van der Waals surface area contributed by atoms with E-state index < -0.39 is 0 Å². The van der Waals surface area contributed by atoms with Crippen LogP contribution < -0.4 is 0 Å². The molecule has 2 aromatic carbocycles. The summed E-state index contributed by atoms with van der Waals surface area (Å²) < 4.78 is 31.3. The molecule has 1 amide bonds. The molecule has 0 spiro atoms. The van der Waals surface area contributed by atoms with Crippen LogP contribution in [0.15, 0.2) is 58.1 Å². The number of amides is 1. The average Bonchev–Trinajstić information content (AvgIpc) is 3.36. The van der Waals surface area contributed by atoms with Crippen molar-refractivity contribution < 1.29 is 18.2 Å². The molecule has 0 radical (unpaired) electrons. The molecule has 0 bridgehead atoms. The first kappa shape index (κ1) is 22.4. The second kappa shape index (κ2) is 9.79. The third kappa shape index (κ3) is 5.34. The number of aryl methyl sites for hydroxylation is 1. The summed E-state index contributed by atoms with van der Waals surface area (Å²) >= 11 is 1.64. The number of likely N-dealkylation sites (N-methyl/N-ethyl adjacent to an activating group) is 1. The molecule has 3 aromatic rings. The summed E-state index contributed by atoms with van der Waals surface area (Å²) in [5, 5.41) is 7.81. The van der Waals surface area contributed by atoms with Crippen LogP contribution >= 0.6 is 11.8 Å². The van der Waals surface area contributed by atoms with Gasteiger partial charge in [-0.05, 0) is 55.3 Å². The van der Waals surface area contributed by atoms with E-state index in [9.17, 15) is 13.6 Å². The van der Waals surface area contributed by atoms with Crippen LogP contribution in [-0.2, 0) is 17.9 Å². The largest absolute Gasteiger partial charge is 0.338 e. The molecule has 1 aromatic heterocycles. The molecular formula is C23H24F2N4O2S. The van der Waals surface area contributed by atoms with Gasteiger partial charge in [-0.1, -0.05) is 22.4 Å². The fourth-order valence-electron chi connectivity index (χ4n) is 3.86. The van der Waals surface area contributed by atoms with E-state index in [-0.39, 0.29) is 28.8 Å². The summed E-state index contributed by atoms with van der Waals surface area (Å²) in [5.74, 6) is -0.577. The predicted octanol–water partition coefficient (Wildman–Crippen LogP) is 4.05. The third-order valence-corrected chi connectivity index (χ3v) is 6.79. The quantitative estimate of drug-likeness (QED) is 0.532. The molecule has 32 heavy (non-hydrogen) atoms. The summed E-state index contributed by atoms with van der Waals surface area (Å²) in [5.41, 5.74) is 2.22. The molecule has 0 aliphatic carbocycles. The Labute approximate surface area is 189 Å². The van der Waals surface area contributed by atoms with Crippen molar-refractivity contribution in [2.75, 3.05) is 13.6 Å². The van der Waals surface area contributed by atoms with Gasteiger partial charge in [0.25, 0.3) is 0 Å². The minimum absolute atomic E-state index is 0.0169. The number of halogens is 2. The fraction of sp³-hybridized carbons (Fsp3) is 0.348. The van der Waals surface area contributed by atoms with Gasteiger partial charge in [0.05, 0.1) is 12.6 Å². The molecule has 1 fully saturated rings. The number of nitrogens with zero attached hydrogens (tertiary/aromatic N) is 4. The second-order valence-electron chi connectivity index (χ2n) is 7.99. The number of carbonyl (C=O) groups excluding carboxylic acids is 1. The van der Waals surface area contributed by atoms with Crippen molar-refractivity contribution >= 4 is 17.7 Å². The van der Waals surface area contributed by atoms with Crippen LogP contribution in [0.2, 0.25) is 0 Å². The van der Waals surface area contributed by atoms with Crippen molar-refractivity contribution in [1.82, 2.24) is 20.1 Å². The van der Waals surface area contributed by atoms with Crippen molar-refractivity contribution in [3.63, 3.8) is 0 Å². The smallest absolute Gasteiger partial charge is 0.240 e. The molecule has 0 N–H and O–H groups in total. The van der Waals surface area contributed by atoms with Crippen LogP contribution in [0.1, 0.15) is 23.4 Å². The van der Waals surface area contributed by atoms with Crippen LogP contribution in [0.4, 0.5) is 8.78 Å². The van der Waals surface area contributed by atoms with Crippen LogP contribution in [0.25, 0.3) is 0 Å². The highest BCUT2D eigenvalue weighted by atomic mass is 32.2. The predicted molar refractivity (Wildman–Crippen MR) is 117 cm³/mol. The lowest BCUT2D eigenvalue weighted by Gasteiger charge is -2.27. The molecule has 4 rings (SSSR count). The second-order valence-corrected chi connectivity index (χ2v) is 9.37. The minimum Gasteiger partial charge on any atom is -0.338 e. The lowest BCUT2D eigenvalue weighted by molar-refractivity contribution is -0.135. The van der Waals surface area contributed by atoms with Gasteiger partial charge >= 0.3 is 0 Å². The van der Waals surface area contributed by atoms with Crippen molar-refractivity contribution in [2.24, 2.45) is 0 Å². The van der Waals surface area contributed by atoms with Crippen LogP contribution in [-0.4, -0.2) is 50.9 Å². The number of hydrogen-bond donors (Lipinski definition) is 0. The summed E-state index contributed by atoms with van der Waals surface area (Å²) in [4.78, 5) is 18.1. The Morgan fingerprint density at radius 2 is 1.78 bits per heavy atom. The Hall–Kier alpha value is -2.78. The number of hydrogen-bond acceptors (Lipinski definition) is 6. The SMILES string of the molecule is Cc1nonc1CN(C)C(=O)[C@@H]1C[C@@H](Sc2ccc(F)cc2)CN1Cc1ccc(F)cc1. The molecule has 0 unspecified atom stereocenters. The van der Waals surface area contributed by atoms with E-state index in [0.717, 1.165) is 10.5 Å². The van der Waals surface area contributed by atoms with Crippen molar-refractivity contribution in [2.45, 2.75) is 42.6 Å². The zero-order valence-corrected chi connectivity index (χ0v) is 18.7. The minimum atomic E-state index is -0.330. The fourth-order valence-corrected chi connectivity index (χ4v) is 5.08. The number of thioether (sulfide) groups is 1. The van der Waals surface area contributed by atoms with Crippen LogP contribution in [0.3, 0.4) is 0 Å². The summed E-state index contributed by atoms with van der Waals surface area (Å²) in [6.45, 7) is 3.32. The Kier molecular flexibility index (Phi) is 6.86. The zero-order chi connectivity index (χ0) is 22.7. The Morgan fingerprint density at radius 3 is 2.41 bits per heavy atom. The first-order chi connectivity index (χ1) is 15.4. The number of aromatic nitrogens is 2. The number of benzene rings is 2. The van der Waals surface area contributed by atoms with Gasteiger partial charge in [0, 0.05) is 30.3 Å². The van der Waals surface area contributed by atoms with Gasteiger partial charge in [-0.15, -0.1) is 11.8 Å². The molecule has 168 valence electrons. The maximum absolute atomic E-state index is 13.4. The number of likely N-dealkylation sites (tertiary alicyclic amines) is 1.